The molecule has 4 rings (SSSR count). The van der Waals surface area contributed by atoms with Gasteiger partial charge >= 0.3 is 0 Å². The standard InChI is InChI=1S/C18H18FN3O3/c19-13-4-11-5-14(9-22-18(23)16-2-1-3-24-16)25-17(11)15(6-13)12-7-20-10-21-8-12/h4,6-8,10,14,16H,1-3,5,9H2,(H,22,23)/t14-,16-/m0/s1. The summed E-state index contributed by atoms with van der Waals surface area (Å²) in [7, 11) is 0. The molecular formula is C18H18FN3O3. The van der Waals surface area contributed by atoms with Crippen LogP contribution in [0.15, 0.2) is 30.9 Å². The van der Waals surface area contributed by atoms with Crippen molar-refractivity contribution in [3.63, 3.8) is 0 Å². The molecular weight excluding hydrogens is 325 g/mol. The zero-order valence-electron chi connectivity index (χ0n) is 13.6. The van der Waals surface area contributed by atoms with Crippen molar-refractivity contribution in [1.82, 2.24) is 15.3 Å². The minimum atomic E-state index is -0.363. The Labute approximate surface area is 144 Å². The summed E-state index contributed by atoms with van der Waals surface area (Å²) in [5.41, 5.74) is 2.11. The van der Waals surface area contributed by atoms with Crippen molar-refractivity contribution in [2.24, 2.45) is 0 Å². The van der Waals surface area contributed by atoms with Crippen LogP contribution in [0.5, 0.6) is 5.75 Å². The van der Waals surface area contributed by atoms with E-state index in [1.54, 1.807) is 12.4 Å². The van der Waals surface area contributed by atoms with E-state index in [-0.39, 0.29) is 23.9 Å². The summed E-state index contributed by atoms with van der Waals surface area (Å²) in [6.07, 6.45) is 6.28. The van der Waals surface area contributed by atoms with E-state index in [4.69, 9.17) is 9.47 Å². The molecule has 7 heteroatoms. The lowest BCUT2D eigenvalue weighted by molar-refractivity contribution is -0.130. The number of amides is 1. The summed E-state index contributed by atoms with van der Waals surface area (Å²) in [6.45, 7) is 0.991. The van der Waals surface area contributed by atoms with E-state index in [1.807, 2.05) is 0 Å². The van der Waals surface area contributed by atoms with Crippen molar-refractivity contribution in [2.75, 3.05) is 13.2 Å². The maximum Gasteiger partial charge on any atom is 0.249 e. The first-order valence-electron chi connectivity index (χ1n) is 8.34. The van der Waals surface area contributed by atoms with E-state index in [9.17, 15) is 9.18 Å². The van der Waals surface area contributed by atoms with Gasteiger partial charge in [-0.2, -0.15) is 0 Å². The number of nitrogens with zero attached hydrogens (tertiary/aromatic N) is 2. The predicted molar refractivity (Wildman–Crippen MR) is 87.5 cm³/mol. The lowest BCUT2D eigenvalue weighted by Gasteiger charge is -2.15. The summed E-state index contributed by atoms with van der Waals surface area (Å²) >= 11 is 0. The highest BCUT2D eigenvalue weighted by molar-refractivity contribution is 5.81. The number of halogens is 1. The van der Waals surface area contributed by atoms with E-state index >= 15 is 0 Å². The summed E-state index contributed by atoms with van der Waals surface area (Å²) in [5.74, 6) is 0.192. The molecule has 0 aliphatic carbocycles. The fraction of sp³-hybridized carbons (Fsp3) is 0.389. The molecule has 0 unspecified atom stereocenters. The second kappa shape index (κ2) is 6.76. The van der Waals surface area contributed by atoms with Gasteiger partial charge in [-0.1, -0.05) is 0 Å². The predicted octanol–water partition coefficient (Wildman–Crippen LogP) is 1.88. The van der Waals surface area contributed by atoms with Crippen molar-refractivity contribution in [1.29, 1.82) is 0 Å². The molecule has 1 aromatic heterocycles. The van der Waals surface area contributed by atoms with Crippen LogP contribution >= 0.6 is 0 Å². The number of rotatable bonds is 4. The fourth-order valence-corrected chi connectivity index (χ4v) is 3.27. The number of fused-ring (bicyclic) bond motifs is 1. The number of nitrogens with one attached hydrogen (secondary N) is 1. The third kappa shape index (κ3) is 3.32. The van der Waals surface area contributed by atoms with Crippen LogP contribution in [-0.2, 0) is 16.0 Å². The van der Waals surface area contributed by atoms with Gasteiger partial charge in [0.2, 0.25) is 5.91 Å². The van der Waals surface area contributed by atoms with Gasteiger partial charge in [-0.25, -0.2) is 14.4 Å². The van der Waals surface area contributed by atoms with E-state index in [2.05, 4.69) is 15.3 Å². The quantitative estimate of drug-likeness (QED) is 0.918. The number of benzene rings is 1. The number of hydrogen-bond acceptors (Lipinski definition) is 5. The first kappa shape index (κ1) is 16.0. The van der Waals surface area contributed by atoms with Crippen LogP contribution in [0.4, 0.5) is 4.39 Å². The number of carbonyl (C=O) groups excluding carboxylic acids is 1. The maximum atomic E-state index is 14.0. The molecule has 0 bridgehead atoms. The van der Waals surface area contributed by atoms with Gasteiger partial charge in [0.1, 0.15) is 30.1 Å². The van der Waals surface area contributed by atoms with Crippen LogP contribution in [0.2, 0.25) is 0 Å². The van der Waals surface area contributed by atoms with E-state index in [0.717, 1.165) is 18.4 Å². The molecule has 0 saturated carbocycles. The van der Waals surface area contributed by atoms with Gasteiger partial charge in [0.25, 0.3) is 0 Å². The molecule has 1 aromatic carbocycles. The SMILES string of the molecule is O=C(NC[C@@H]1Cc2cc(F)cc(-c3cncnc3)c2O1)[C@@H]1CCCO1. The van der Waals surface area contributed by atoms with E-state index < -0.39 is 0 Å². The largest absolute Gasteiger partial charge is 0.487 e. The molecule has 0 radical (unpaired) electrons. The van der Waals surface area contributed by atoms with Crippen LogP contribution in [0.3, 0.4) is 0 Å². The van der Waals surface area contributed by atoms with Crippen molar-refractivity contribution < 1.29 is 18.7 Å². The molecule has 2 aliphatic heterocycles. The minimum Gasteiger partial charge on any atom is -0.487 e. The molecule has 2 aromatic rings. The molecule has 1 amide bonds. The highest BCUT2D eigenvalue weighted by Gasteiger charge is 2.29. The second-order valence-electron chi connectivity index (χ2n) is 6.26. The molecule has 0 spiro atoms. The van der Waals surface area contributed by atoms with E-state index in [1.165, 1.54) is 18.5 Å². The Balaban J connectivity index is 1.48. The molecule has 25 heavy (non-hydrogen) atoms. The Bertz CT molecular complexity index is 779. The van der Waals surface area contributed by atoms with Gasteiger partial charge < -0.3 is 14.8 Å². The Kier molecular flexibility index (Phi) is 4.31. The number of hydrogen-bond donors (Lipinski definition) is 1. The number of aromatic nitrogens is 2. The maximum absolute atomic E-state index is 14.0. The third-order valence-corrected chi connectivity index (χ3v) is 4.46. The molecule has 2 atom stereocenters. The lowest BCUT2D eigenvalue weighted by Crippen LogP contribution is -2.40. The van der Waals surface area contributed by atoms with Gasteiger partial charge in [-0.3, -0.25) is 4.79 Å². The Hall–Kier alpha value is -2.54. The average molecular weight is 343 g/mol. The van der Waals surface area contributed by atoms with Crippen molar-refractivity contribution in [2.45, 2.75) is 31.5 Å². The normalized spacial score (nSPS) is 21.6. The molecule has 130 valence electrons. The summed E-state index contributed by atoms with van der Waals surface area (Å²) in [5, 5.41) is 2.87. The van der Waals surface area contributed by atoms with E-state index in [0.29, 0.717) is 36.4 Å². The Morgan fingerprint density at radius 3 is 2.92 bits per heavy atom. The number of ether oxygens (including phenoxy) is 2. The topological polar surface area (TPSA) is 73.3 Å². The van der Waals surface area contributed by atoms with Crippen LogP contribution < -0.4 is 10.1 Å². The van der Waals surface area contributed by atoms with Gasteiger partial charge in [0.05, 0.1) is 6.54 Å². The smallest absolute Gasteiger partial charge is 0.249 e. The second-order valence-corrected chi connectivity index (χ2v) is 6.26. The first-order valence-corrected chi connectivity index (χ1v) is 8.34. The van der Waals surface area contributed by atoms with Crippen LogP contribution in [0, 0.1) is 5.82 Å². The van der Waals surface area contributed by atoms with Crippen LogP contribution in [0.1, 0.15) is 18.4 Å². The fourth-order valence-electron chi connectivity index (χ4n) is 3.27. The van der Waals surface area contributed by atoms with Crippen molar-refractivity contribution in [3.8, 4) is 16.9 Å². The molecule has 1 N–H and O–H groups in total. The minimum absolute atomic E-state index is 0.111. The molecule has 1 saturated heterocycles. The zero-order chi connectivity index (χ0) is 17.2. The van der Waals surface area contributed by atoms with Gasteiger partial charge in [-0.15, -0.1) is 0 Å². The average Bonchev–Trinajstić information content (AvgIpc) is 3.29. The van der Waals surface area contributed by atoms with Gasteiger partial charge in [0.15, 0.2) is 0 Å². The Morgan fingerprint density at radius 2 is 2.16 bits per heavy atom. The van der Waals surface area contributed by atoms with Crippen molar-refractivity contribution in [3.05, 3.63) is 42.2 Å². The van der Waals surface area contributed by atoms with Crippen LogP contribution in [-0.4, -0.2) is 41.2 Å². The number of carbonyl (C=O) groups is 1. The molecule has 2 aliphatic rings. The van der Waals surface area contributed by atoms with Crippen molar-refractivity contribution >= 4 is 5.91 Å². The lowest BCUT2D eigenvalue weighted by atomic mass is 10.0. The highest BCUT2D eigenvalue weighted by Crippen LogP contribution is 2.39. The Morgan fingerprint density at radius 1 is 1.32 bits per heavy atom. The zero-order valence-corrected chi connectivity index (χ0v) is 13.6. The van der Waals surface area contributed by atoms with Crippen LogP contribution in [0.25, 0.3) is 11.1 Å². The monoisotopic (exact) mass is 343 g/mol. The summed E-state index contributed by atoms with van der Waals surface area (Å²) < 4.78 is 25.3. The first-order chi connectivity index (χ1) is 12.2. The summed E-state index contributed by atoms with van der Waals surface area (Å²) in [4.78, 5) is 20.0. The molecule has 1 fully saturated rings. The third-order valence-electron chi connectivity index (χ3n) is 4.46. The van der Waals surface area contributed by atoms with Gasteiger partial charge in [-0.05, 0) is 25.0 Å². The molecule has 6 nitrogen and oxygen atoms in total. The summed E-state index contributed by atoms with van der Waals surface area (Å²) in [6, 6.07) is 2.90. The van der Waals surface area contributed by atoms with Gasteiger partial charge in [0, 0.05) is 42.1 Å². The molecule has 3 heterocycles. The highest BCUT2D eigenvalue weighted by atomic mass is 19.1.